The Bertz CT molecular complexity index is 904. The van der Waals surface area contributed by atoms with Gasteiger partial charge in [0.05, 0.1) is 23.4 Å². The third kappa shape index (κ3) is 4.30. The van der Waals surface area contributed by atoms with Gasteiger partial charge in [0.1, 0.15) is 0 Å². The fourth-order valence-electron chi connectivity index (χ4n) is 2.23. The minimum Gasteiger partial charge on any atom is -0.319 e. The molecule has 0 radical (unpaired) electrons. The first-order valence-electron chi connectivity index (χ1n) is 7.34. The van der Waals surface area contributed by atoms with E-state index in [4.69, 9.17) is 0 Å². The highest BCUT2D eigenvalue weighted by atomic mass is 79.9. The molecule has 0 spiro atoms. The van der Waals surface area contributed by atoms with Crippen LogP contribution >= 0.6 is 15.9 Å². The number of halogens is 1. The van der Waals surface area contributed by atoms with Gasteiger partial charge in [0.15, 0.2) is 0 Å². The third-order valence-electron chi connectivity index (χ3n) is 3.49. The molecule has 25 heavy (non-hydrogen) atoms. The van der Waals surface area contributed by atoms with E-state index in [2.05, 4.69) is 26.3 Å². The number of non-ortho nitro benzene ring substituents is 1. The Hall–Kier alpha value is -3.00. The summed E-state index contributed by atoms with van der Waals surface area (Å²) in [6.07, 6.45) is 3.29. The lowest BCUT2D eigenvalue weighted by atomic mass is 10.2. The summed E-state index contributed by atoms with van der Waals surface area (Å²) < 4.78 is 2.72. The van der Waals surface area contributed by atoms with Crippen LogP contribution in [0.4, 0.5) is 11.4 Å². The van der Waals surface area contributed by atoms with Crippen LogP contribution < -0.4 is 5.32 Å². The minimum absolute atomic E-state index is 0.0566. The molecule has 1 N–H and O–H groups in total. The molecule has 0 unspecified atom stereocenters. The number of carbonyl (C=O) groups excluding carboxylic acids is 1. The zero-order valence-corrected chi connectivity index (χ0v) is 14.5. The van der Waals surface area contributed by atoms with Gasteiger partial charge in [0.2, 0.25) is 0 Å². The van der Waals surface area contributed by atoms with Crippen LogP contribution in [-0.4, -0.2) is 20.6 Å². The molecule has 126 valence electrons. The van der Waals surface area contributed by atoms with Gasteiger partial charge in [0, 0.05) is 28.4 Å². The molecule has 7 nitrogen and oxygen atoms in total. The van der Waals surface area contributed by atoms with Crippen molar-refractivity contribution in [1.29, 1.82) is 0 Å². The lowest BCUT2D eigenvalue weighted by molar-refractivity contribution is -0.384. The zero-order valence-electron chi connectivity index (χ0n) is 12.9. The maximum atomic E-state index is 12.2. The number of carbonyl (C=O) groups is 1. The van der Waals surface area contributed by atoms with Crippen LogP contribution in [0.25, 0.3) is 0 Å². The summed E-state index contributed by atoms with van der Waals surface area (Å²) >= 11 is 3.39. The second-order valence-electron chi connectivity index (χ2n) is 5.31. The van der Waals surface area contributed by atoms with Crippen LogP contribution in [0, 0.1) is 10.1 Å². The fraction of sp³-hybridized carbons (Fsp3) is 0.0588. The molecule has 1 amide bonds. The predicted octanol–water partition coefficient (Wildman–Crippen LogP) is 3.85. The van der Waals surface area contributed by atoms with Crippen molar-refractivity contribution in [3.8, 4) is 0 Å². The Morgan fingerprint density at radius 3 is 2.48 bits per heavy atom. The monoisotopic (exact) mass is 400 g/mol. The van der Waals surface area contributed by atoms with Crippen LogP contribution in [0.15, 0.2) is 65.4 Å². The van der Waals surface area contributed by atoms with Gasteiger partial charge in [0.25, 0.3) is 11.6 Å². The Kier molecular flexibility index (Phi) is 4.90. The van der Waals surface area contributed by atoms with Crippen LogP contribution in [0.1, 0.15) is 15.9 Å². The number of aromatic nitrogens is 2. The highest BCUT2D eigenvalue weighted by Crippen LogP contribution is 2.15. The molecular weight excluding hydrogens is 388 g/mol. The number of nitro benzene ring substituents is 1. The van der Waals surface area contributed by atoms with Crippen molar-refractivity contribution in [2.75, 3.05) is 5.32 Å². The first-order chi connectivity index (χ1) is 12.0. The van der Waals surface area contributed by atoms with Gasteiger partial charge < -0.3 is 5.32 Å². The number of hydrogen-bond donors (Lipinski definition) is 1. The second kappa shape index (κ2) is 7.27. The first-order valence-corrected chi connectivity index (χ1v) is 8.13. The fourth-order valence-corrected chi connectivity index (χ4v) is 2.49. The van der Waals surface area contributed by atoms with E-state index < -0.39 is 4.92 Å². The van der Waals surface area contributed by atoms with E-state index in [1.807, 2.05) is 24.3 Å². The quantitative estimate of drug-likeness (QED) is 0.519. The van der Waals surface area contributed by atoms with Crippen molar-refractivity contribution < 1.29 is 9.72 Å². The Morgan fingerprint density at radius 2 is 1.84 bits per heavy atom. The van der Waals surface area contributed by atoms with Crippen LogP contribution in [-0.2, 0) is 6.54 Å². The normalized spacial score (nSPS) is 10.4. The van der Waals surface area contributed by atoms with Crippen molar-refractivity contribution in [1.82, 2.24) is 9.78 Å². The van der Waals surface area contributed by atoms with Crippen molar-refractivity contribution in [2.45, 2.75) is 6.54 Å². The number of anilines is 1. The minimum atomic E-state index is -0.506. The lowest BCUT2D eigenvalue weighted by Crippen LogP contribution is -2.11. The molecular formula is C17H13BrN4O3. The standard InChI is InChI=1S/C17H13BrN4O3/c18-14-5-1-12(2-6-14)10-21-11-15(9-19-21)20-17(23)13-3-7-16(8-4-13)22(24)25/h1-9,11H,10H2,(H,20,23). The Balaban J connectivity index is 1.65. The number of amides is 1. The molecule has 8 heteroatoms. The van der Waals surface area contributed by atoms with Gasteiger partial charge in [-0.15, -0.1) is 0 Å². The maximum Gasteiger partial charge on any atom is 0.269 e. The second-order valence-corrected chi connectivity index (χ2v) is 6.23. The molecule has 0 aliphatic rings. The van der Waals surface area contributed by atoms with Gasteiger partial charge in [-0.1, -0.05) is 28.1 Å². The van der Waals surface area contributed by atoms with E-state index in [1.54, 1.807) is 17.1 Å². The number of benzene rings is 2. The first kappa shape index (κ1) is 16.8. The van der Waals surface area contributed by atoms with Crippen LogP contribution in [0.2, 0.25) is 0 Å². The summed E-state index contributed by atoms with van der Waals surface area (Å²) in [5, 5.41) is 17.6. The number of nitrogens with one attached hydrogen (secondary N) is 1. The van der Waals surface area contributed by atoms with Gasteiger partial charge in [-0.25, -0.2) is 0 Å². The zero-order chi connectivity index (χ0) is 17.8. The molecule has 0 saturated carbocycles. The number of rotatable bonds is 5. The Labute approximate surface area is 151 Å². The van der Waals surface area contributed by atoms with E-state index in [1.165, 1.54) is 24.3 Å². The van der Waals surface area contributed by atoms with Crippen molar-refractivity contribution in [2.24, 2.45) is 0 Å². The molecule has 0 atom stereocenters. The van der Waals surface area contributed by atoms with Crippen LogP contribution in [0.5, 0.6) is 0 Å². The highest BCUT2D eigenvalue weighted by molar-refractivity contribution is 9.10. The Morgan fingerprint density at radius 1 is 1.16 bits per heavy atom. The van der Waals surface area contributed by atoms with E-state index in [0.29, 0.717) is 17.8 Å². The maximum absolute atomic E-state index is 12.2. The lowest BCUT2D eigenvalue weighted by Gasteiger charge is -2.03. The number of nitrogens with zero attached hydrogens (tertiary/aromatic N) is 3. The average Bonchev–Trinajstić information content (AvgIpc) is 3.04. The molecule has 0 aliphatic carbocycles. The van der Waals surface area contributed by atoms with Crippen molar-refractivity contribution in [3.63, 3.8) is 0 Å². The summed E-state index contributed by atoms with van der Waals surface area (Å²) in [4.78, 5) is 22.3. The average molecular weight is 401 g/mol. The van der Waals surface area contributed by atoms with Crippen molar-refractivity contribution in [3.05, 3.63) is 86.6 Å². The van der Waals surface area contributed by atoms with Gasteiger partial charge >= 0.3 is 0 Å². The van der Waals surface area contributed by atoms with Crippen molar-refractivity contribution >= 4 is 33.2 Å². The van der Waals surface area contributed by atoms with Gasteiger partial charge in [-0.2, -0.15) is 5.10 Å². The molecule has 3 rings (SSSR count). The van der Waals surface area contributed by atoms with E-state index in [9.17, 15) is 14.9 Å². The largest absolute Gasteiger partial charge is 0.319 e. The molecule has 0 fully saturated rings. The van der Waals surface area contributed by atoms with E-state index in [0.717, 1.165) is 10.0 Å². The molecule has 1 heterocycles. The predicted molar refractivity (Wildman–Crippen MR) is 96.5 cm³/mol. The summed E-state index contributed by atoms with van der Waals surface area (Å²) in [5.41, 5.74) is 1.92. The van der Waals surface area contributed by atoms with E-state index in [-0.39, 0.29) is 11.6 Å². The summed E-state index contributed by atoms with van der Waals surface area (Å²) in [6.45, 7) is 0.584. The van der Waals surface area contributed by atoms with Gasteiger partial charge in [-0.3, -0.25) is 19.6 Å². The summed E-state index contributed by atoms with van der Waals surface area (Å²) in [5.74, 6) is -0.349. The summed E-state index contributed by atoms with van der Waals surface area (Å²) in [6, 6.07) is 13.3. The molecule has 0 bridgehead atoms. The number of hydrogen-bond acceptors (Lipinski definition) is 4. The summed E-state index contributed by atoms with van der Waals surface area (Å²) in [7, 11) is 0. The van der Waals surface area contributed by atoms with Crippen LogP contribution in [0.3, 0.4) is 0 Å². The molecule has 2 aromatic carbocycles. The molecule has 0 aliphatic heterocycles. The highest BCUT2D eigenvalue weighted by Gasteiger charge is 2.10. The number of nitro groups is 1. The molecule has 1 aromatic heterocycles. The van der Waals surface area contributed by atoms with E-state index >= 15 is 0 Å². The third-order valence-corrected chi connectivity index (χ3v) is 4.02. The SMILES string of the molecule is O=C(Nc1cnn(Cc2ccc(Br)cc2)c1)c1ccc([N+](=O)[O-])cc1. The topological polar surface area (TPSA) is 90.1 Å². The molecule has 3 aromatic rings. The van der Waals surface area contributed by atoms with Gasteiger partial charge in [-0.05, 0) is 29.8 Å². The molecule has 0 saturated heterocycles. The smallest absolute Gasteiger partial charge is 0.269 e.